The molecule has 3 nitrogen and oxygen atoms in total. The van der Waals surface area contributed by atoms with Gasteiger partial charge in [-0.25, -0.2) is 4.79 Å². The van der Waals surface area contributed by atoms with E-state index in [1.807, 2.05) is 45.0 Å². The number of hydrogen-bond acceptors (Lipinski definition) is 1. The molecule has 15 heavy (non-hydrogen) atoms. The molecule has 2 amide bonds. The first-order chi connectivity index (χ1) is 7.11. The van der Waals surface area contributed by atoms with E-state index >= 15 is 0 Å². The van der Waals surface area contributed by atoms with E-state index < -0.39 is 0 Å². The summed E-state index contributed by atoms with van der Waals surface area (Å²) in [4.78, 5) is 11.4. The molecule has 0 aliphatic heterocycles. The highest BCUT2D eigenvalue weighted by Gasteiger charge is 2.04. The largest absolute Gasteiger partial charge is 0.335 e. The van der Waals surface area contributed by atoms with Crippen molar-refractivity contribution in [3.05, 3.63) is 29.8 Å². The van der Waals surface area contributed by atoms with E-state index in [-0.39, 0.29) is 12.1 Å². The number of aryl methyl sites for hydroxylation is 1. The fourth-order valence-corrected chi connectivity index (χ4v) is 1.13. The van der Waals surface area contributed by atoms with Gasteiger partial charge < -0.3 is 10.6 Å². The maximum atomic E-state index is 11.4. The van der Waals surface area contributed by atoms with Crippen molar-refractivity contribution >= 4 is 11.7 Å². The molecule has 3 heteroatoms. The second-order valence-corrected chi connectivity index (χ2v) is 3.77. The number of carbonyl (C=O) groups excluding carboxylic acids is 1. The van der Waals surface area contributed by atoms with Crippen LogP contribution in [0.3, 0.4) is 0 Å². The number of hydrogen-bond donors (Lipinski definition) is 2. The zero-order valence-electron chi connectivity index (χ0n) is 9.50. The topological polar surface area (TPSA) is 41.1 Å². The van der Waals surface area contributed by atoms with Crippen LogP contribution in [0.5, 0.6) is 0 Å². The molecule has 0 bridgehead atoms. The van der Waals surface area contributed by atoms with Gasteiger partial charge in [0.05, 0.1) is 0 Å². The van der Waals surface area contributed by atoms with Gasteiger partial charge in [-0.2, -0.15) is 0 Å². The van der Waals surface area contributed by atoms with E-state index in [0.717, 1.165) is 12.1 Å². The Bertz CT molecular complexity index is 319. The Hall–Kier alpha value is -1.51. The number of urea groups is 1. The Morgan fingerprint density at radius 2 is 1.93 bits per heavy atom. The van der Waals surface area contributed by atoms with Crippen LogP contribution in [0, 0.1) is 6.92 Å². The third kappa shape index (κ3) is 4.02. The smallest absolute Gasteiger partial charge is 0.319 e. The van der Waals surface area contributed by atoms with Crippen molar-refractivity contribution in [1.82, 2.24) is 5.32 Å². The molecular weight excluding hydrogens is 188 g/mol. The van der Waals surface area contributed by atoms with Gasteiger partial charge in [0, 0.05) is 11.7 Å². The Labute approximate surface area is 90.9 Å². The predicted octanol–water partition coefficient (Wildman–Crippen LogP) is 2.92. The van der Waals surface area contributed by atoms with Gasteiger partial charge in [0.15, 0.2) is 0 Å². The summed E-state index contributed by atoms with van der Waals surface area (Å²) < 4.78 is 0. The summed E-state index contributed by atoms with van der Waals surface area (Å²) in [5.41, 5.74) is 2.00. The van der Waals surface area contributed by atoms with Gasteiger partial charge in [0.1, 0.15) is 0 Å². The van der Waals surface area contributed by atoms with Crippen molar-refractivity contribution in [2.45, 2.75) is 33.2 Å². The minimum atomic E-state index is -0.145. The monoisotopic (exact) mass is 206 g/mol. The zero-order valence-corrected chi connectivity index (χ0v) is 9.50. The first-order valence-electron chi connectivity index (χ1n) is 5.26. The Morgan fingerprint density at radius 3 is 2.47 bits per heavy atom. The molecule has 2 N–H and O–H groups in total. The molecule has 0 aromatic heterocycles. The predicted molar refractivity (Wildman–Crippen MR) is 63.1 cm³/mol. The SMILES string of the molecule is CCC(C)NC(=O)Nc1ccc(C)cc1. The van der Waals surface area contributed by atoms with Crippen LogP contribution in [0.15, 0.2) is 24.3 Å². The fourth-order valence-electron chi connectivity index (χ4n) is 1.13. The summed E-state index contributed by atoms with van der Waals surface area (Å²) in [6.07, 6.45) is 0.932. The molecule has 1 atom stereocenters. The maximum absolute atomic E-state index is 11.4. The standard InChI is InChI=1S/C12H18N2O/c1-4-10(3)13-12(15)14-11-7-5-9(2)6-8-11/h5-8,10H,4H2,1-3H3,(H2,13,14,15). The molecule has 82 valence electrons. The number of carbonyl (C=O) groups is 1. The average Bonchev–Trinajstić information content (AvgIpc) is 2.21. The maximum Gasteiger partial charge on any atom is 0.319 e. The van der Waals surface area contributed by atoms with E-state index in [4.69, 9.17) is 0 Å². The summed E-state index contributed by atoms with van der Waals surface area (Å²) >= 11 is 0. The fraction of sp³-hybridized carbons (Fsp3) is 0.417. The number of amides is 2. The van der Waals surface area contributed by atoms with Crippen molar-refractivity contribution in [1.29, 1.82) is 0 Å². The molecule has 0 aliphatic carbocycles. The molecule has 0 saturated heterocycles. The molecule has 0 heterocycles. The van der Waals surface area contributed by atoms with E-state index in [9.17, 15) is 4.79 Å². The summed E-state index contributed by atoms with van der Waals surface area (Å²) in [5, 5.41) is 5.63. The van der Waals surface area contributed by atoms with Crippen LogP contribution in [-0.2, 0) is 0 Å². The highest BCUT2D eigenvalue weighted by molar-refractivity contribution is 5.89. The number of benzene rings is 1. The van der Waals surface area contributed by atoms with E-state index in [1.54, 1.807) is 0 Å². The van der Waals surface area contributed by atoms with Gasteiger partial charge in [-0.15, -0.1) is 0 Å². The molecule has 0 saturated carbocycles. The van der Waals surface area contributed by atoms with Crippen LogP contribution in [0.4, 0.5) is 10.5 Å². The molecule has 0 fully saturated rings. The first kappa shape index (κ1) is 11.6. The lowest BCUT2D eigenvalue weighted by atomic mass is 10.2. The summed E-state index contributed by atoms with van der Waals surface area (Å²) in [6, 6.07) is 7.79. The molecule has 1 rings (SSSR count). The number of nitrogens with one attached hydrogen (secondary N) is 2. The third-order valence-corrected chi connectivity index (χ3v) is 2.30. The third-order valence-electron chi connectivity index (χ3n) is 2.30. The van der Waals surface area contributed by atoms with Gasteiger partial charge in [0.2, 0.25) is 0 Å². The van der Waals surface area contributed by atoms with E-state index in [1.165, 1.54) is 5.56 Å². The molecule has 0 radical (unpaired) electrons. The molecule has 0 spiro atoms. The number of anilines is 1. The first-order valence-corrected chi connectivity index (χ1v) is 5.26. The minimum absolute atomic E-state index is 0.145. The van der Waals surface area contributed by atoms with E-state index in [2.05, 4.69) is 10.6 Å². The van der Waals surface area contributed by atoms with Crippen LogP contribution >= 0.6 is 0 Å². The highest BCUT2D eigenvalue weighted by Crippen LogP contribution is 2.08. The Balaban J connectivity index is 2.48. The van der Waals surface area contributed by atoms with Gasteiger partial charge in [0.25, 0.3) is 0 Å². The quantitative estimate of drug-likeness (QED) is 0.784. The van der Waals surface area contributed by atoms with Crippen molar-refractivity contribution in [2.24, 2.45) is 0 Å². The number of rotatable bonds is 3. The lowest BCUT2D eigenvalue weighted by Gasteiger charge is -2.12. The lowest BCUT2D eigenvalue weighted by Crippen LogP contribution is -2.35. The van der Waals surface area contributed by atoms with Gasteiger partial charge in [-0.05, 0) is 32.4 Å². The van der Waals surface area contributed by atoms with Gasteiger partial charge >= 0.3 is 6.03 Å². The van der Waals surface area contributed by atoms with Crippen LogP contribution in [0.1, 0.15) is 25.8 Å². The normalized spacial score (nSPS) is 11.9. The molecular formula is C12H18N2O. The minimum Gasteiger partial charge on any atom is -0.335 e. The highest BCUT2D eigenvalue weighted by atomic mass is 16.2. The second kappa shape index (κ2) is 5.39. The van der Waals surface area contributed by atoms with Crippen LogP contribution < -0.4 is 10.6 Å². The van der Waals surface area contributed by atoms with E-state index in [0.29, 0.717) is 0 Å². The molecule has 1 aromatic carbocycles. The van der Waals surface area contributed by atoms with Crippen molar-refractivity contribution in [2.75, 3.05) is 5.32 Å². The van der Waals surface area contributed by atoms with Crippen LogP contribution in [0.25, 0.3) is 0 Å². The van der Waals surface area contributed by atoms with Crippen LogP contribution in [-0.4, -0.2) is 12.1 Å². The van der Waals surface area contributed by atoms with Gasteiger partial charge in [-0.3, -0.25) is 0 Å². The lowest BCUT2D eigenvalue weighted by molar-refractivity contribution is 0.249. The Kier molecular flexibility index (Phi) is 4.16. The van der Waals surface area contributed by atoms with Crippen molar-refractivity contribution < 1.29 is 4.79 Å². The zero-order chi connectivity index (χ0) is 11.3. The summed E-state index contributed by atoms with van der Waals surface area (Å²) in [6.45, 7) is 6.04. The molecule has 1 unspecified atom stereocenters. The molecule has 0 aliphatic rings. The van der Waals surface area contributed by atoms with Crippen LogP contribution in [0.2, 0.25) is 0 Å². The summed E-state index contributed by atoms with van der Waals surface area (Å²) in [7, 11) is 0. The average molecular weight is 206 g/mol. The van der Waals surface area contributed by atoms with Crippen molar-refractivity contribution in [3.8, 4) is 0 Å². The molecule has 1 aromatic rings. The van der Waals surface area contributed by atoms with Crippen molar-refractivity contribution in [3.63, 3.8) is 0 Å². The van der Waals surface area contributed by atoms with Gasteiger partial charge in [-0.1, -0.05) is 24.6 Å². The second-order valence-electron chi connectivity index (χ2n) is 3.77. The Morgan fingerprint density at radius 1 is 1.33 bits per heavy atom. The summed E-state index contributed by atoms with van der Waals surface area (Å²) in [5.74, 6) is 0.